The van der Waals surface area contributed by atoms with Crippen molar-refractivity contribution in [2.24, 2.45) is 0 Å². The lowest BCUT2D eigenvalue weighted by Gasteiger charge is -2.17. The standard InChI is InChI=1S/C17H22N2O2/c1-6-21-17(20)19-16-14-9-11(4)15(10(2)3)12(5)13(14)7-8-18-16/h7-10H,6H2,1-5H3,(H,18,19,20). The molecule has 1 amide bonds. The number of pyridine rings is 1. The molecule has 1 N–H and O–H groups in total. The van der Waals surface area contributed by atoms with Crippen molar-refractivity contribution >= 4 is 22.7 Å². The van der Waals surface area contributed by atoms with Gasteiger partial charge in [0, 0.05) is 11.6 Å². The van der Waals surface area contributed by atoms with Crippen molar-refractivity contribution in [3.63, 3.8) is 0 Å². The van der Waals surface area contributed by atoms with Crippen LogP contribution in [-0.4, -0.2) is 17.7 Å². The number of benzene rings is 1. The van der Waals surface area contributed by atoms with E-state index in [9.17, 15) is 4.79 Å². The van der Waals surface area contributed by atoms with E-state index in [4.69, 9.17) is 4.74 Å². The van der Waals surface area contributed by atoms with Gasteiger partial charge in [-0.3, -0.25) is 5.32 Å². The van der Waals surface area contributed by atoms with Crippen LogP contribution in [0.3, 0.4) is 0 Å². The maximum atomic E-state index is 11.6. The van der Waals surface area contributed by atoms with Gasteiger partial charge in [-0.05, 0) is 60.9 Å². The molecule has 1 aromatic carbocycles. The summed E-state index contributed by atoms with van der Waals surface area (Å²) in [5.41, 5.74) is 3.82. The van der Waals surface area contributed by atoms with Gasteiger partial charge in [0.2, 0.25) is 0 Å². The minimum atomic E-state index is -0.472. The molecule has 4 heteroatoms. The number of carbonyl (C=O) groups excluding carboxylic acids is 1. The fourth-order valence-electron chi connectivity index (χ4n) is 2.93. The Morgan fingerprint density at radius 3 is 2.67 bits per heavy atom. The van der Waals surface area contributed by atoms with Crippen molar-refractivity contribution < 1.29 is 9.53 Å². The van der Waals surface area contributed by atoms with Crippen LogP contribution in [0.25, 0.3) is 10.8 Å². The number of aromatic nitrogens is 1. The Balaban J connectivity index is 2.58. The highest BCUT2D eigenvalue weighted by Crippen LogP contribution is 2.32. The first-order valence-electron chi connectivity index (χ1n) is 7.28. The summed E-state index contributed by atoms with van der Waals surface area (Å²) in [6.45, 7) is 10.7. The predicted octanol–water partition coefficient (Wildman–Crippen LogP) is 4.54. The average Bonchev–Trinajstić information content (AvgIpc) is 2.39. The Hall–Kier alpha value is -2.10. The molecule has 112 valence electrons. The van der Waals surface area contributed by atoms with Crippen molar-refractivity contribution in [2.75, 3.05) is 11.9 Å². The van der Waals surface area contributed by atoms with Gasteiger partial charge in [-0.2, -0.15) is 0 Å². The number of nitrogens with zero attached hydrogens (tertiary/aromatic N) is 1. The van der Waals surface area contributed by atoms with E-state index < -0.39 is 6.09 Å². The van der Waals surface area contributed by atoms with Crippen LogP contribution in [-0.2, 0) is 4.74 Å². The van der Waals surface area contributed by atoms with Crippen LogP contribution < -0.4 is 5.32 Å². The SMILES string of the molecule is CCOC(=O)Nc1nccc2c(C)c(C(C)C)c(C)cc12. The summed E-state index contributed by atoms with van der Waals surface area (Å²) < 4.78 is 4.93. The van der Waals surface area contributed by atoms with Gasteiger partial charge >= 0.3 is 6.09 Å². The Morgan fingerprint density at radius 2 is 2.05 bits per heavy atom. The van der Waals surface area contributed by atoms with Gasteiger partial charge in [0.15, 0.2) is 0 Å². The smallest absolute Gasteiger partial charge is 0.412 e. The molecule has 0 unspecified atom stereocenters. The number of nitrogens with one attached hydrogen (secondary N) is 1. The van der Waals surface area contributed by atoms with Crippen molar-refractivity contribution in [1.29, 1.82) is 0 Å². The van der Waals surface area contributed by atoms with Crippen LogP contribution >= 0.6 is 0 Å². The molecule has 4 nitrogen and oxygen atoms in total. The number of hydrogen-bond acceptors (Lipinski definition) is 3. The lowest BCUT2D eigenvalue weighted by molar-refractivity contribution is 0.168. The topological polar surface area (TPSA) is 51.2 Å². The third-order valence-corrected chi connectivity index (χ3v) is 3.66. The Kier molecular flexibility index (Phi) is 4.46. The highest BCUT2D eigenvalue weighted by Gasteiger charge is 2.14. The molecule has 1 aromatic heterocycles. The van der Waals surface area contributed by atoms with Crippen LogP contribution in [0.15, 0.2) is 18.3 Å². The van der Waals surface area contributed by atoms with E-state index in [1.807, 2.05) is 6.07 Å². The predicted molar refractivity (Wildman–Crippen MR) is 86.0 cm³/mol. The highest BCUT2D eigenvalue weighted by molar-refractivity contribution is 6.00. The van der Waals surface area contributed by atoms with Crippen molar-refractivity contribution in [3.05, 3.63) is 35.0 Å². The summed E-state index contributed by atoms with van der Waals surface area (Å²) in [7, 11) is 0. The van der Waals surface area contributed by atoms with Crippen molar-refractivity contribution in [3.8, 4) is 0 Å². The second-order valence-electron chi connectivity index (χ2n) is 5.49. The molecule has 0 bridgehead atoms. The minimum absolute atomic E-state index is 0.339. The normalized spacial score (nSPS) is 11.0. The molecule has 2 rings (SSSR count). The van der Waals surface area contributed by atoms with E-state index >= 15 is 0 Å². The maximum Gasteiger partial charge on any atom is 0.412 e. The van der Waals surface area contributed by atoms with Gasteiger partial charge in [0.05, 0.1) is 6.61 Å². The molecule has 0 aliphatic rings. The third kappa shape index (κ3) is 2.99. The molecule has 21 heavy (non-hydrogen) atoms. The van der Waals surface area contributed by atoms with Gasteiger partial charge in [0.25, 0.3) is 0 Å². The largest absolute Gasteiger partial charge is 0.450 e. The molecule has 0 atom stereocenters. The first-order valence-corrected chi connectivity index (χ1v) is 7.28. The number of aryl methyl sites for hydroxylation is 2. The fourth-order valence-corrected chi connectivity index (χ4v) is 2.93. The lowest BCUT2D eigenvalue weighted by Crippen LogP contribution is -2.14. The van der Waals surface area contributed by atoms with E-state index in [2.05, 4.69) is 44.1 Å². The van der Waals surface area contributed by atoms with Crippen LogP contribution in [0.1, 0.15) is 43.4 Å². The Morgan fingerprint density at radius 1 is 1.33 bits per heavy atom. The van der Waals surface area contributed by atoms with E-state index in [0.29, 0.717) is 18.3 Å². The Labute approximate surface area is 125 Å². The van der Waals surface area contributed by atoms with Gasteiger partial charge < -0.3 is 4.74 Å². The van der Waals surface area contributed by atoms with E-state index in [0.717, 1.165) is 10.8 Å². The molecule has 1 heterocycles. The van der Waals surface area contributed by atoms with E-state index in [-0.39, 0.29) is 0 Å². The number of anilines is 1. The lowest BCUT2D eigenvalue weighted by atomic mass is 9.89. The number of amides is 1. The summed E-state index contributed by atoms with van der Waals surface area (Å²) in [6, 6.07) is 4.08. The van der Waals surface area contributed by atoms with Crippen LogP contribution in [0.5, 0.6) is 0 Å². The molecular formula is C17H22N2O2. The summed E-state index contributed by atoms with van der Waals surface area (Å²) in [4.78, 5) is 15.9. The van der Waals surface area contributed by atoms with Gasteiger partial charge in [-0.15, -0.1) is 0 Å². The monoisotopic (exact) mass is 286 g/mol. The number of hydrogen-bond donors (Lipinski definition) is 1. The zero-order valence-corrected chi connectivity index (χ0v) is 13.3. The number of fused-ring (bicyclic) bond motifs is 1. The van der Waals surface area contributed by atoms with Crippen LogP contribution in [0.2, 0.25) is 0 Å². The minimum Gasteiger partial charge on any atom is -0.450 e. The molecule has 0 aliphatic heterocycles. The summed E-state index contributed by atoms with van der Waals surface area (Å²) >= 11 is 0. The van der Waals surface area contributed by atoms with Crippen molar-refractivity contribution in [1.82, 2.24) is 4.98 Å². The zero-order valence-electron chi connectivity index (χ0n) is 13.3. The van der Waals surface area contributed by atoms with Gasteiger partial charge in [0.1, 0.15) is 5.82 Å². The third-order valence-electron chi connectivity index (χ3n) is 3.66. The molecule has 0 radical (unpaired) electrons. The second-order valence-corrected chi connectivity index (χ2v) is 5.49. The molecule has 2 aromatic rings. The highest BCUT2D eigenvalue weighted by atomic mass is 16.5. The Bertz CT molecular complexity index is 678. The van der Waals surface area contributed by atoms with Crippen LogP contribution in [0.4, 0.5) is 10.6 Å². The molecule has 0 aliphatic carbocycles. The molecular weight excluding hydrogens is 264 g/mol. The summed E-state index contributed by atoms with van der Waals surface area (Å²) in [5.74, 6) is 1.01. The summed E-state index contributed by atoms with van der Waals surface area (Å²) in [6.07, 6.45) is 1.25. The van der Waals surface area contributed by atoms with Crippen LogP contribution in [0, 0.1) is 13.8 Å². The first-order chi connectivity index (χ1) is 9.95. The average molecular weight is 286 g/mol. The van der Waals surface area contributed by atoms with E-state index in [1.54, 1.807) is 13.1 Å². The molecule has 0 spiro atoms. The van der Waals surface area contributed by atoms with Gasteiger partial charge in [-0.1, -0.05) is 13.8 Å². The van der Waals surface area contributed by atoms with Crippen molar-refractivity contribution in [2.45, 2.75) is 40.5 Å². The molecule has 0 saturated heterocycles. The van der Waals surface area contributed by atoms with E-state index in [1.165, 1.54) is 16.7 Å². The number of carbonyl (C=O) groups is 1. The maximum absolute atomic E-state index is 11.6. The molecule has 0 saturated carbocycles. The zero-order chi connectivity index (χ0) is 15.6. The first kappa shape index (κ1) is 15.3. The molecule has 0 fully saturated rings. The fraction of sp³-hybridized carbons (Fsp3) is 0.412. The number of ether oxygens (including phenoxy) is 1. The number of rotatable bonds is 3. The van der Waals surface area contributed by atoms with Gasteiger partial charge in [-0.25, -0.2) is 9.78 Å². The quantitative estimate of drug-likeness (QED) is 0.901. The summed E-state index contributed by atoms with van der Waals surface area (Å²) in [5, 5.41) is 4.78. The second kappa shape index (κ2) is 6.12.